The molecule has 5 nitrogen and oxygen atoms in total. The van der Waals surface area contributed by atoms with E-state index in [9.17, 15) is 14.7 Å². The predicted molar refractivity (Wildman–Crippen MR) is 76.4 cm³/mol. The molecule has 0 aromatic rings. The lowest BCUT2D eigenvalue weighted by Gasteiger charge is -2.37. The van der Waals surface area contributed by atoms with Crippen LogP contribution in [0.2, 0.25) is 0 Å². The van der Waals surface area contributed by atoms with E-state index < -0.39 is 11.4 Å². The Morgan fingerprint density at radius 1 is 1.15 bits per heavy atom. The lowest BCUT2D eigenvalue weighted by atomic mass is 9.82. The lowest BCUT2D eigenvalue weighted by Crippen LogP contribution is -2.52. The minimum Gasteiger partial charge on any atom is -0.481 e. The number of urea groups is 1. The first-order valence-electron chi connectivity index (χ1n) is 7.31. The molecule has 0 spiro atoms. The molecule has 5 heteroatoms. The van der Waals surface area contributed by atoms with Crippen LogP contribution in [0.4, 0.5) is 4.79 Å². The van der Waals surface area contributed by atoms with E-state index >= 15 is 0 Å². The molecule has 1 atom stereocenters. The zero-order chi connectivity index (χ0) is 15.3. The molecule has 1 unspecified atom stereocenters. The van der Waals surface area contributed by atoms with Gasteiger partial charge >= 0.3 is 12.0 Å². The molecule has 0 bridgehead atoms. The van der Waals surface area contributed by atoms with Crippen LogP contribution in [0.3, 0.4) is 0 Å². The van der Waals surface area contributed by atoms with E-state index in [1.807, 2.05) is 0 Å². The van der Waals surface area contributed by atoms with E-state index in [2.05, 4.69) is 33.0 Å². The van der Waals surface area contributed by atoms with Crippen LogP contribution in [-0.4, -0.2) is 41.1 Å². The van der Waals surface area contributed by atoms with Crippen LogP contribution in [0.5, 0.6) is 0 Å². The van der Waals surface area contributed by atoms with Crippen molar-refractivity contribution in [2.24, 2.45) is 16.2 Å². The first kappa shape index (κ1) is 15.1. The monoisotopic (exact) mass is 282 g/mol. The van der Waals surface area contributed by atoms with Crippen LogP contribution in [0, 0.1) is 16.2 Å². The van der Waals surface area contributed by atoms with Gasteiger partial charge in [-0.3, -0.25) is 4.79 Å². The van der Waals surface area contributed by atoms with Gasteiger partial charge in [0.15, 0.2) is 0 Å². The maximum Gasteiger partial charge on any atom is 0.317 e. The summed E-state index contributed by atoms with van der Waals surface area (Å²) in [5.74, 6) is -0.818. The molecule has 2 aliphatic rings. The van der Waals surface area contributed by atoms with E-state index in [0.717, 1.165) is 6.42 Å². The third kappa shape index (κ3) is 2.17. The lowest BCUT2D eigenvalue weighted by molar-refractivity contribution is -0.150. The van der Waals surface area contributed by atoms with Gasteiger partial charge in [-0.15, -0.1) is 0 Å². The molecule has 2 N–H and O–H groups in total. The molecule has 114 valence electrons. The normalized spacial score (nSPS) is 31.8. The highest BCUT2D eigenvalue weighted by Crippen LogP contribution is 2.62. The third-order valence-electron chi connectivity index (χ3n) is 5.79. The number of nitrogens with one attached hydrogen (secondary N) is 1. The number of carboxylic acid groups (broad SMARTS) is 1. The first-order valence-corrected chi connectivity index (χ1v) is 7.31. The van der Waals surface area contributed by atoms with Crippen molar-refractivity contribution < 1.29 is 14.7 Å². The van der Waals surface area contributed by atoms with Gasteiger partial charge < -0.3 is 15.3 Å². The molecule has 20 heavy (non-hydrogen) atoms. The molecule has 2 fully saturated rings. The fourth-order valence-corrected chi connectivity index (χ4v) is 3.36. The van der Waals surface area contributed by atoms with Crippen molar-refractivity contribution in [1.29, 1.82) is 0 Å². The van der Waals surface area contributed by atoms with Crippen LogP contribution in [-0.2, 0) is 4.79 Å². The average Bonchev–Trinajstić information content (AvgIpc) is 2.71. The van der Waals surface area contributed by atoms with Gasteiger partial charge in [0.25, 0.3) is 0 Å². The molecule has 1 saturated heterocycles. The number of rotatable bonds is 2. The highest BCUT2D eigenvalue weighted by molar-refractivity contribution is 5.79. The Bertz CT molecular complexity index is 430. The molecule has 1 aliphatic heterocycles. The van der Waals surface area contributed by atoms with Crippen LogP contribution in [0.15, 0.2) is 0 Å². The Hall–Kier alpha value is -1.26. The van der Waals surface area contributed by atoms with Gasteiger partial charge in [0.1, 0.15) is 0 Å². The van der Waals surface area contributed by atoms with Crippen molar-refractivity contribution in [2.75, 3.05) is 13.1 Å². The van der Waals surface area contributed by atoms with Crippen molar-refractivity contribution in [3.8, 4) is 0 Å². The molecule has 1 saturated carbocycles. The molecular formula is C15H26N2O3. The van der Waals surface area contributed by atoms with E-state index in [-0.39, 0.29) is 22.9 Å². The molecule has 0 aromatic heterocycles. The minimum atomic E-state index is -0.818. The van der Waals surface area contributed by atoms with Gasteiger partial charge in [-0.2, -0.15) is 0 Å². The van der Waals surface area contributed by atoms with Crippen molar-refractivity contribution in [2.45, 2.75) is 53.5 Å². The van der Waals surface area contributed by atoms with Crippen LogP contribution in [0.1, 0.15) is 47.5 Å². The smallest absolute Gasteiger partial charge is 0.317 e. The average molecular weight is 282 g/mol. The number of amides is 2. The van der Waals surface area contributed by atoms with Crippen molar-refractivity contribution in [1.82, 2.24) is 10.2 Å². The summed E-state index contributed by atoms with van der Waals surface area (Å²) >= 11 is 0. The van der Waals surface area contributed by atoms with Crippen LogP contribution >= 0.6 is 0 Å². The molecule has 0 radical (unpaired) electrons. The maximum absolute atomic E-state index is 12.4. The number of likely N-dealkylation sites (tertiary alicyclic amines) is 1. The number of carbonyl (C=O) groups is 2. The molecule has 2 amide bonds. The summed E-state index contributed by atoms with van der Waals surface area (Å²) in [6.07, 6.45) is 1.38. The maximum atomic E-state index is 12.4. The zero-order valence-corrected chi connectivity index (χ0v) is 13.1. The standard InChI is InChI=1S/C15H26N2O3/c1-13(2)10(14(13,3)4)16-12(20)17-8-6-7-15(5,9-17)11(18)19/h10H,6-9H2,1-5H3,(H,16,20)(H,18,19). The number of hydrogen-bond acceptors (Lipinski definition) is 2. The van der Waals surface area contributed by atoms with Gasteiger partial charge in [0.05, 0.1) is 5.41 Å². The third-order valence-corrected chi connectivity index (χ3v) is 5.79. The van der Waals surface area contributed by atoms with Gasteiger partial charge in [0.2, 0.25) is 0 Å². The van der Waals surface area contributed by atoms with Crippen molar-refractivity contribution >= 4 is 12.0 Å². The summed E-state index contributed by atoms with van der Waals surface area (Å²) in [6.45, 7) is 11.2. The highest BCUT2D eigenvalue weighted by Gasteiger charge is 2.65. The quantitative estimate of drug-likeness (QED) is 0.816. The Balaban J connectivity index is 1.99. The van der Waals surface area contributed by atoms with E-state index in [1.165, 1.54) is 0 Å². The Labute approximate surface area is 120 Å². The fourth-order valence-electron chi connectivity index (χ4n) is 3.36. The molecular weight excluding hydrogens is 256 g/mol. The largest absolute Gasteiger partial charge is 0.481 e. The second-order valence-electron chi connectivity index (χ2n) is 7.72. The molecule has 1 aliphatic carbocycles. The predicted octanol–water partition coefficient (Wildman–Crippen LogP) is 2.32. The topological polar surface area (TPSA) is 69.6 Å². The second kappa shape index (κ2) is 4.37. The summed E-state index contributed by atoms with van der Waals surface area (Å²) in [7, 11) is 0. The number of hydrogen-bond donors (Lipinski definition) is 2. The van der Waals surface area contributed by atoms with Crippen LogP contribution in [0.25, 0.3) is 0 Å². The Morgan fingerprint density at radius 2 is 1.70 bits per heavy atom. The molecule has 0 aromatic carbocycles. The van der Waals surface area contributed by atoms with E-state index in [1.54, 1.807) is 11.8 Å². The SMILES string of the molecule is CC1(C(=O)O)CCCN(C(=O)NC2C(C)(C)C2(C)C)C1. The number of nitrogens with zero attached hydrogens (tertiary/aromatic N) is 1. The van der Waals surface area contributed by atoms with Crippen molar-refractivity contribution in [3.05, 3.63) is 0 Å². The van der Waals surface area contributed by atoms with Gasteiger partial charge in [0, 0.05) is 19.1 Å². The van der Waals surface area contributed by atoms with Gasteiger partial charge in [-0.1, -0.05) is 27.7 Å². The fraction of sp³-hybridized carbons (Fsp3) is 0.867. The van der Waals surface area contributed by atoms with E-state index in [0.29, 0.717) is 19.5 Å². The number of carboxylic acids is 1. The van der Waals surface area contributed by atoms with Gasteiger partial charge in [-0.25, -0.2) is 4.79 Å². The molecule has 2 rings (SSSR count). The minimum absolute atomic E-state index is 0.0918. The summed E-state index contributed by atoms with van der Waals surface area (Å²) in [5.41, 5.74) is -0.632. The number of carbonyl (C=O) groups excluding carboxylic acids is 1. The Kier molecular flexibility index (Phi) is 3.30. The molecule has 1 heterocycles. The van der Waals surface area contributed by atoms with Crippen LogP contribution < -0.4 is 5.32 Å². The summed E-state index contributed by atoms with van der Waals surface area (Å²) < 4.78 is 0. The second-order valence-corrected chi connectivity index (χ2v) is 7.72. The van der Waals surface area contributed by atoms with E-state index in [4.69, 9.17) is 0 Å². The highest BCUT2D eigenvalue weighted by atomic mass is 16.4. The number of aliphatic carboxylic acids is 1. The zero-order valence-electron chi connectivity index (χ0n) is 13.1. The Morgan fingerprint density at radius 3 is 2.15 bits per heavy atom. The first-order chi connectivity index (χ1) is 9.02. The van der Waals surface area contributed by atoms with Gasteiger partial charge in [-0.05, 0) is 30.6 Å². The van der Waals surface area contributed by atoms with Crippen molar-refractivity contribution in [3.63, 3.8) is 0 Å². The summed E-state index contributed by atoms with van der Waals surface area (Å²) in [4.78, 5) is 25.3. The summed E-state index contributed by atoms with van der Waals surface area (Å²) in [6, 6.07) is 0.0290. The summed E-state index contributed by atoms with van der Waals surface area (Å²) in [5, 5.41) is 12.4. The number of piperidine rings is 1.